The largest absolute Gasteiger partial charge is 0.370 e. The first-order valence-electron chi connectivity index (χ1n) is 6.76. The Morgan fingerprint density at radius 3 is 2.45 bits per heavy atom. The molecule has 1 aliphatic heterocycles. The van der Waals surface area contributed by atoms with Gasteiger partial charge in [0.15, 0.2) is 0 Å². The summed E-state index contributed by atoms with van der Waals surface area (Å²) in [5, 5.41) is 0.200. The van der Waals surface area contributed by atoms with Crippen molar-refractivity contribution in [1.29, 1.82) is 0 Å². The van der Waals surface area contributed by atoms with Gasteiger partial charge >= 0.3 is 0 Å². The Labute approximate surface area is 143 Å². The van der Waals surface area contributed by atoms with Gasteiger partial charge in [0.05, 0.1) is 5.02 Å². The summed E-state index contributed by atoms with van der Waals surface area (Å²) in [6, 6.07) is 4.72. The quantitative estimate of drug-likeness (QED) is 0.792. The molecule has 0 saturated carbocycles. The lowest BCUT2D eigenvalue weighted by molar-refractivity contribution is -0.118. The Balaban J connectivity index is 2.05. The average Bonchev–Trinajstić information content (AvgIpc) is 2.45. The maximum Gasteiger partial charge on any atom is 0.244 e. The van der Waals surface area contributed by atoms with Crippen LogP contribution in [0.5, 0.6) is 0 Å². The van der Waals surface area contributed by atoms with Crippen LogP contribution in [-0.4, -0.2) is 56.3 Å². The molecule has 0 unspecified atom stereocenters. The van der Waals surface area contributed by atoms with E-state index in [1.165, 1.54) is 10.4 Å². The molecule has 0 spiro atoms. The Morgan fingerprint density at radius 2 is 1.91 bits per heavy atom. The minimum atomic E-state index is -3.60. The summed E-state index contributed by atoms with van der Waals surface area (Å²) in [5.41, 5.74) is 5.12. The number of rotatable bonds is 5. The highest BCUT2D eigenvalue weighted by Crippen LogP contribution is 2.28. The van der Waals surface area contributed by atoms with E-state index in [1.54, 1.807) is 12.1 Å². The number of amides is 1. The summed E-state index contributed by atoms with van der Waals surface area (Å²) in [6.07, 6.45) is 0.283. The van der Waals surface area contributed by atoms with Gasteiger partial charge in [-0.05, 0) is 18.2 Å². The molecule has 2 rings (SSSR count). The van der Waals surface area contributed by atoms with Crippen LogP contribution < -0.4 is 5.73 Å². The molecule has 6 nitrogen and oxygen atoms in total. The smallest absolute Gasteiger partial charge is 0.244 e. The van der Waals surface area contributed by atoms with Crippen molar-refractivity contribution in [2.45, 2.75) is 11.3 Å². The molecule has 1 aromatic carbocycles. The van der Waals surface area contributed by atoms with Crippen LogP contribution in [0.2, 0.25) is 5.02 Å². The molecule has 2 N–H and O–H groups in total. The van der Waals surface area contributed by atoms with Crippen LogP contribution in [0.3, 0.4) is 0 Å². The number of nitrogens with zero attached hydrogens (tertiary/aromatic N) is 2. The van der Waals surface area contributed by atoms with Crippen molar-refractivity contribution in [1.82, 2.24) is 9.21 Å². The molecule has 0 aromatic heterocycles. The van der Waals surface area contributed by atoms with Crippen molar-refractivity contribution in [2.24, 2.45) is 5.73 Å². The SMILES string of the molecule is NC(=O)CCN1CCN(S(=O)(=O)c2ccc(Br)cc2Cl)CC1. The van der Waals surface area contributed by atoms with Gasteiger partial charge in [-0.2, -0.15) is 4.31 Å². The van der Waals surface area contributed by atoms with Gasteiger partial charge in [0, 0.05) is 43.6 Å². The van der Waals surface area contributed by atoms with E-state index in [-0.39, 0.29) is 22.2 Å². The molecule has 22 heavy (non-hydrogen) atoms. The molecule has 0 bridgehead atoms. The molecule has 1 fully saturated rings. The van der Waals surface area contributed by atoms with E-state index in [0.717, 1.165) is 4.47 Å². The molecule has 0 radical (unpaired) electrons. The minimum Gasteiger partial charge on any atom is -0.370 e. The second-order valence-electron chi connectivity index (χ2n) is 5.04. The first kappa shape index (κ1) is 17.7. The molecule has 122 valence electrons. The number of benzene rings is 1. The maximum atomic E-state index is 12.6. The highest BCUT2D eigenvalue weighted by molar-refractivity contribution is 9.10. The maximum absolute atomic E-state index is 12.6. The zero-order chi connectivity index (χ0) is 16.3. The Morgan fingerprint density at radius 1 is 1.27 bits per heavy atom. The van der Waals surface area contributed by atoms with Crippen molar-refractivity contribution in [3.8, 4) is 0 Å². The zero-order valence-corrected chi connectivity index (χ0v) is 15.0. The van der Waals surface area contributed by atoms with Gasteiger partial charge < -0.3 is 10.6 Å². The molecule has 0 aliphatic carbocycles. The van der Waals surface area contributed by atoms with E-state index in [1.807, 2.05) is 4.90 Å². The Kier molecular flexibility index (Phi) is 5.84. The third-order valence-corrected chi connectivity index (χ3v) is 6.39. The summed E-state index contributed by atoms with van der Waals surface area (Å²) in [7, 11) is -3.60. The van der Waals surface area contributed by atoms with Gasteiger partial charge in [-0.15, -0.1) is 0 Å². The number of primary amides is 1. The van der Waals surface area contributed by atoms with Gasteiger partial charge in [-0.3, -0.25) is 4.79 Å². The molecule has 1 amide bonds. The third-order valence-electron chi connectivity index (χ3n) is 3.52. The molecule has 9 heteroatoms. The highest BCUT2D eigenvalue weighted by Gasteiger charge is 2.30. The van der Waals surface area contributed by atoms with Crippen LogP contribution in [-0.2, 0) is 14.8 Å². The normalized spacial score (nSPS) is 17.5. The van der Waals surface area contributed by atoms with Gasteiger partial charge in [-0.25, -0.2) is 8.42 Å². The van der Waals surface area contributed by atoms with Crippen molar-refractivity contribution >= 4 is 43.5 Å². The second-order valence-corrected chi connectivity index (χ2v) is 8.27. The van der Waals surface area contributed by atoms with E-state index in [9.17, 15) is 13.2 Å². The van der Waals surface area contributed by atoms with E-state index in [0.29, 0.717) is 32.7 Å². The molecule has 1 aliphatic rings. The van der Waals surface area contributed by atoms with Crippen molar-refractivity contribution in [3.05, 3.63) is 27.7 Å². The number of hydrogen-bond acceptors (Lipinski definition) is 4. The number of piperazine rings is 1. The van der Waals surface area contributed by atoms with Gasteiger partial charge in [-0.1, -0.05) is 27.5 Å². The molecule has 1 aromatic rings. The Hall–Kier alpha value is -0.670. The fourth-order valence-electron chi connectivity index (χ4n) is 2.29. The minimum absolute atomic E-state index is 0.114. The average molecular weight is 411 g/mol. The third kappa shape index (κ3) is 4.20. The van der Waals surface area contributed by atoms with Crippen LogP contribution >= 0.6 is 27.5 Å². The fraction of sp³-hybridized carbons (Fsp3) is 0.462. The van der Waals surface area contributed by atoms with Crippen LogP contribution in [0.15, 0.2) is 27.6 Å². The fourth-order valence-corrected chi connectivity index (χ4v) is 4.72. The number of nitrogens with two attached hydrogens (primary N) is 1. The number of sulfonamides is 1. The van der Waals surface area contributed by atoms with Crippen molar-refractivity contribution in [3.63, 3.8) is 0 Å². The number of hydrogen-bond donors (Lipinski definition) is 1. The molecule has 1 saturated heterocycles. The lowest BCUT2D eigenvalue weighted by Crippen LogP contribution is -2.49. The van der Waals surface area contributed by atoms with Crippen molar-refractivity contribution < 1.29 is 13.2 Å². The summed E-state index contributed by atoms with van der Waals surface area (Å²) >= 11 is 9.31. The molecular weight excluding hydrogens is 394 g/mol. The van der Waals surface area contributed by atoms with E-state index in [4.69, 9.17) is 17.3 Å². The zero-order valence-electron chi connectivity index (χ0n) is 11.8. The second kappa shape index (κ2) is 7.27. The molecule has 0 atom stereocenters. The lowest BCUT2D eigenvalue weighted by atomic mass is 10.3. The standard InChI is InChI=1S/C13H17BrClN3O3S/c14-10-1-2-12(11(15)9-10)22(20,21)18-7-5-17(6-8-18)4-3-13(16)19/h1-2,9H,3-8H2,(H2,16,19). The van der Waals surface area contributed by atoms with Crippen LogP contribution in [0, 0.1) is 0 Å². The number of carbonyl (C=O) groups excluding carboxylic acids is 1. The summed E-state index contributed by atoms with van der Waals surface area (Å²) in [4.78, 5) is 12.9. The lowest BCUT2D eigenvalue weighted by Gasteiger charge is -2.33. The van der Waals surface area contributed by atoms with E-state index in [2.05, 4.69) is 15.9 Å². The van der Waals surface area contributed by atoms with E-state index >= 15 is 0 Å². The molecular formula is C13H17BrClN3O3S. The predicted octanol–water partition coefficient (Wildman–Crippen LogP) is 1.28. The summed E-state index contributed by atoms with van der Waals surface area (Å²) in [6.45, 7) is 2.44. The Bertz CT molecular complexity index is 660. The number of carbonyl (C=O) groups is 1. The summed E-state index contributed by atoms with van der Waals surface area (Å²) in [5.74, 6) is -0.350. The number of halogens is 2. The van der Waals surface area contributed by atoms with Gasteiger partial charge in [0.2, 0.25) is 15.9 Å². The van der Waals surface area contributed by atoms with E-state index < -0.39 is 10.0 Å². The first-order chi connectivity index (χ1) is 10.3. The topological polar surface area (TPSA) is 83.7 Å². The highest BCUT2D eigenvalue weighted by atomic mass is 79.9. The van der Waals surface area contributed by atoms with Crippen LogP contribution in [0.1, 0.15) is 6.42 Å². The van der Waals surface area contributed by atoms with Crippen LogP contribution in [0.25, 0.3) is 0 Å². The van der Waals surface area contributed by atoms with Gasteiger partial charge in [0.1, 0.15) is 4.90 Å². The first-order valence-corrected chi connectivity index (χ1v) is 9.37. The monoisotopic (exact) mass is 409 g/mol. The molecule has 1 heterocycles. The van der Waals surface area contributed by atoms with Crippen molar-refractivity contribution in [2.75, 3.05) is 32.7 Å². The van der Waals surface area contributed by atoms with Crippen LogP contribution in [0.4, 0.5) is 0 Å². The van der Waals surface area contributed by atoms with Gasteiger partial charge in [0.25, 0.3) is 0 Å². The summed E-state index contributed by atoms with van der Waals surface area (Å²) < 4.78 is 27.4. The predicted molar refractivity (Wildman–Crippen MR) is 88.2 cm³/mol.